The summed E-state index contributed by atoms with van der Waals surface area (Å²) in [4.78, 5) is 14.9. The fourth-order valence-electron chi connectivity index (χ4n) is 1.71. The van der Waals surface area contributed by atoms with Crippen LogP contribution in [0.4, 0.5) is 5.82 Å². The zero-order chi connectivity index (χ0) is 13.8. The normalized spacial score (nSPS) is 13.1. The molecule has 5 heteroatoms. The number of aromatic carboxylic acids is 1. The molecule has 0 aliphatic rings. The summed E-state index contributed by atoms with van der Waals surface area (Å²) in [5, 5.41) is 21.7. The Hall–Kier alpha value is -1.62. The fraction of sp³-hybridized carbons (Fsp3) is 0.538. The molecular weight excluding hydrogens is 232 g/mol. The molecule has 0 bridgehead atoms. The van der Waals surface area contributed by atoms with Gasteiger partial charge in [0.25, 0.3) is 0 Å². The number of carboxylic acid groups (broad SMARTS) is 1. The number of nitrogens with zero attached hydrogens (tertiary/aromatic N) is 1. The van der Waals surface area contributed by atoms with Crippen molar-refractivity contribution in [1.29, 1.82) is 0 Å². The molecule has 0 aliphatic heterocycles. The van der Waals surface area contributed by atoms with E-state index >= 15 is 0 Å². The van der Waals surface area contributed by atoms with E-state index in [1.54, 1.807) is 6.07 Å². The quantitative estimate of drug-likeness (QED) is 0.746. The Bertz CT molecular complexity index is 413. The minimum absolute atomic E-state index is 0.0286. The molecule has 1 atom stereocenters. The number of pyridine rings is 1. The summed E-state index contributed by atoms with van der Waals surface area (Å²) < 4.78 is 0. The Morgan fingerprint density at radius 2 is 2.17 bits per heavy atom. The molecule has 3 N–H and O–H groups in total. The highest BCUT2D eigenvalue weighted by Crippen LogP contribution is 2.21. The number of aliphatic hydroxyl groups excluding tert-OH is 1. The third-order valence-corrected chi connectivity index (χ3v) is 2.39. The number of aliphatic hydroxyl groups is 1. The van der Waals surface area contributed by atoms with Crippen molar-refractivity contribution in [2.75, 3.05) is 11.9 Å². The number of carboxylic acids is 1. The van der Waals surface area contributed by atoms with Crippen LogP contribution in [-0.2, 0) is 0 Å². The predicted molar refractivity (Wildman–Crippen MR) is 69.8 cm³/mol. The van der Waals surface area contributed by atoms with Gasteiger partial charge in [0, 0.05) is 12.7 Å². The number of anilines is 1. The molecule has 1 unspecified atom stereocenters. The van der Waals surface area contributed by atoms with Crippen molar-refractivity contribution >= 4 is 11.8 Å². The van der Waals surface area contributed by atoms with Gasteiger partial charge >= 0.3 is 5.97 Å². The Morgan fingerprint density at radius 3 is 2.72 bits per heavy atom. The van der Waals surface area contributed by atoms with Crippen LogP contribution in [0.2, 0.25) is 0 Å². The van der Waals surface area contributed by atoms with E-state index < -0.39 is 12.1 Å². The van der Waals surface area contributed by atoms with Crippen molar-refractivity contribution in [3.05, 3.63) is 23.9 Å². The van der Waals surface area contributed by atoms with Crippen LogP contribution in [0.3, 0.4) is 0 Å². The summed E-state index contributed by atoms with van der Waals surface area (Å²) >= 11 is 0. The summed E-state index contributed by atoms with van der Waals surface area (Å²) in [6.45, 7) is 6.41. The maximum atomic E-state index is 11.0. The molecule has 0 radical (unpaired) electrons. The summed E-state index contributed by atoms with van der Waals surface area (Å²) in [6, 6.07) is 3.05. The lowest BCUT2D eigenvalue weighted by Crippen LogP contribution is -2.26. The minimum atomic E-state index is -1.03. The zero-order valence-corrected chi connectivity index (χ0v) is 11.0. The number of aromatic nitrogens is 1. The van der Waals surface area contributed by atoms with Crippen LogP contribution in [0.5, 0.6) is 0 Å². The van der Waals surface area contributed by atoms with Crippen LogP contribution >= 0.6 is 0 Å². The molecule has 1 rings (SSSR count). The Labute approximate surface area is 107 Å². The van der Waals surface area contributed by atoms with Crippen molar-refractivity contribution in [3.8, 4) is 0 Å². The number of nitrogens with one attached hydrogen (secondary N) is 1. The lowest BCUT2D eigenvalue weighted by molar-refractivity contribution is 0.0697. The fourth-order valence-corrected chi connectivity index (χ4v) is 1.71. The van der Waals surface area contributed by atoms with Gasteiger partial charge in [-0.15, -0.1) is 0 Å². The summed E-state index contributed by atoms with van der Waals surface area (Å²) in [7, 11) is 0. The average Bonchev–Trinajstić information content (AvgIpc) is 2.24. The standard InChI is InChI=1S/C13H20N2O3/c1-13(2,3)7-9(16)8-15-11-10(12(17)18)5-4-6-14-11/h4-6,9,16H,7-8H2,1-3H3,(H,14,15)(H,17,18). The van der Waals surface area contributed by atoms with Gasteiger partial charge in [0.15, 0.2) is 0 Å². The predicted octanol–water partition coefficient (Wildman–Crippen LogP) is 1.99. The molecule has 1 heterocycles. The second kappa shape index (κ2) is 5.82. The van der Waals surface area contributed by atoms with E-state index in [0.29, 0.717) is 6.42 Å². The average molecular weight is 252 g/mol. The van der Waals surface area contributed by atoms with Gasteiger partial charge < -0.3 is 15.5 Å². The van der Waals surface area contributed by atoms with Crippen LogP contribution in [0.1, 0.15) is 37.6 Å². The molecular formula is C13H20N2O3. The Morgan fingerprint density at radius 1 is 1.50 bits per heavy atom. The largest absolute Gasteiger partial charge is 0.478 e. The zero-order valence-electron chi connectivity index (χ0n) is 11.0. The Kier molecular flexibility index (Phi) is 4.67. The highest BCUT2D eigenvalue weighted by Gasteiger charge is 2.17. The summed E-state index contributed by atoms with van der Waals surface area (Å²) in [5.74, 6) is -0.742. The van der Waals surface area contributed by atoms with Crippen molar-refractivity contribution in [2.24, 2.45) is 5.41 Å². The van der Waals surface area contributed by atoms with Crippen LogP contribution in [0.25, 0.3) is 0 Å². The van der Waals surface area contributed by atoms with E-state index in [2.05, 4.69) is 10.3 Å². The van der Waals surface area contributed by atoms with Gasteiger partial charge in [-0.05, 0) is 24.0 Å². The SMILES string of the molecule is CC(C)(C)CC(O)CNc1ncccc1C(=O)O. The minimum Gasteiger partial charge on any atom is -0.478 e. The van der Waals surface area contributed by atoms with Gasteiger partial charge in [0.1, 0.15) is 11.4 Å². The van der Waals surface area contributed by atoms with Crippen molar-refractivity contribution in [1.82, 2.24) is 4.98 Å². The van der Waals surface area contributed by atoms with E-state index in [0.717, 1.165) is 0 Å². The highest BCUT2D eigenvalue weighted by molar-refractivity contribution is 5.92. The van der Waals surface area contributed by atoms with Crippen LogP contribution < -0.4 is 5.32 Å². The molecule has 1 aromatic heterocycles. The van der Waals surface area contributed by atoms with E-state index in [1.807, 2.05) is 20.8 Å². The van der Waals surface area contributed by atoms with Crippen LogP contribution in [0.15, 0.2) is 18.3 Å². The van der Waals surface area contributed by atoms with Crippen LogP contribution in [0, 0.1) is 5.41 Å². The first kappa shape index (κ1) is 14.4. The number of hydrogen-bond acceptors (Lipinski definition) is 4. The molecule has 0 fully saturated rings. The van der Waals surface area contributed by atoms with Crippen molar-refractivity contribution in [2.45, 2.75) is 33.3 Å². The van der Waals surface area contributed by atoms with Crippen molar-refractivity contribution in [3.63, 3.8) is 0 Å². The molecule has 0 spiro atoms. The van der Waals surface area contributed by atoms with Gasteiger partial charge in [-0.25, -0.2) is 9.78 Å². The van der Waals surface area contributed by atoms with Crippen molar-refractivity contribution < 1.29 is 15.0 Å². The van der Waals surface area contributed by atoms with E-state index in [-0.39, 0.29) is 23.3 Å². The Balaban J connectivity index is 2.61. The molecule has 0 amide bonds. The second-order valence-corrected chi connectivity index (χ2v) is 5.50. The number of rotatable bonds is 5. The monoisotopic (exact) mass is 252 g/mol. The molecule has 18 heavy (non-hydrogen) atoms. The topological polar surface area (TPSA) is 82.5 Å². The summed E-state index contributed by atoms with van der Waals surface area (Å²) in [5.41, 5.74) is 0.140. The molecule has 5 nitrogen and oxygen atoms in total. The molecule has 0 aromatic carbocycles. The maximum Gasteiger partial charge on any atom is 0.339 e. The highest BCUT2D eigenvalue weighted by atomic mass is 16.4. The maximum absolute atomic E-state index is 11.0. The first-order chi connectivity index (χ1) is 8.29. The smallest absolute Gasteiger partial charge is 0.339 e. The summed E-state index contributed by atoms with van der Waals surface area (Å²) in [6.07, 6.45) is 1.62. The second-order valence-electron chi connectivity index (χ2n) is 5.50. The van der Waals surface area contributed by atoms with Gasteiger partial charge in [0.05, 0.1) is 6.10 Å². The molecule has 0 saturated heterocycles. The lowest BCUT2D eigenvalue weighted by Gasteiger charge is -2.22. The molecule has 1 aromatic rings. The molecule has 100 valence electrons. The van der Waals surface area contributed by atoms with Gasteiger partial charge in [-0.1, -0.05) is 20.8 Å². The molecule has 0 saturated carbocycles. The van der Waals surface area contributed by atoms with Gasteiger partial charge in [0.2, 0.25) is 0 Å². The first-order valence-corrected chi connectivity index (χ1v) is 5.90. The van der Waals surface area contributed by atoms with E-state index in [1.165, 1.54) is 12.3 Å². The van der Waals surface area contributed by atoms with Crippen LogP contribution in [-0.4, -0.2) is 33.8 Å². The van der Waals surface area contributed by atoms with E-state index in [4.69, 9.17) is 5.11 Å². The van der Waals surface area contributed by atoms with Gasteiger partial charge in [-0.2, -0.15) is 0 Å². The molecule has 0 aliphatic carbocycles. The third-order valence-electron chi connectivity index (χ3n) is 2.39. The lowest BCUT2D eigenvalue weighted by atomic mass is 9.89. The number of hydrogen-bond donors (Lipinski definition) is 3. The van der Waals surface area contributed by atoms with E-state index in [9.17, 15) is 9.90 Å². The first-order valence-electron chi connectivity index (χ1n) is 5.90. The van der Waals surface area contributed by atoms with Gasteiger partial charge in [-0.3, -0.25) is 0 Å². The number of carbonyl (C=O) groups is 1. The third kappa shape index (κ3) is 4.71.